The van der Waals surface area contributed by atoms with Gasteiger partial charge in [-0.25, -0.2) is 4.98 Å². The van der Waals surface area contributed by atoms with Crippen LogP contribution >= 0.6 is 0 Å². The van der Waals surface area contributed by atoms with Crippen molar-refractivity contribution in [3.05, 3.63) is 28.4 Å². The molecule has 96 valence electrons. The number of pyridine rings is 1. The molecule has 1 aromatic heterocycles. The normalized spacial score (nSPS) is 27.0. The average molecular weight is 248 g/mol. The third-order valence-corrected chi connectivity index (χ3v) is 3.87. The van der Waals surface area contributed by atoms with Crippen molar-refractivity contribution in [2.24, 2.45) is 5.92 Å². The van der Waals surface area contributed by atoms with E-state index in [1.807, 2.05) is 0 Å². The second-order valence-corrected chi connectivity index (χ2v) is 5.00. The van der Waals surface area contributed by atoms with E-state index < -0.39 is 4.92 Å². The molecule has 3 rings (SSSR count). The molecule has 0 aliphatic carbocycles. The zero-order chi connectivity index (χ0) is 12.5. The maximum absolute atomic E-state index is 10.6. The van der Waals surface area contributed by atoms with E-state index in [0.717, 1.165) is 25.5 Å². The molecule has 1 aromatic rings. The van der Waals surface area contributed by atoms with Crippen molar-refractivity contribution in [2.75, 3.05) is 24.5 Å². The monoisotopic (exact) mass is 248 g/mol. The van der Waals surface area contributed by atoms with Crippen LogP contribution in [0.25, 0.3) is 0 Å². The molecule has 2 atom stereocenters. The fourth-order valence-electron chi connectivity index (χ4n) is 2.91. The molecule has 18 heavy (non-hydrogen) atoms. The number of rotatable bonds is 2. The highest BCUT2D eigenvalue weighted by Gasteiger charge is 2.34. The first-order chi connectivity index (χ1) is 8.74. The van der Waals surface area contributed by atoms with Gasteiger partial charge in [0.2, 0.25) is 0 Å². The Morgan fingerprint density at radius 3 is 3.00 bits per heavy atom. The van der Waals surface area contributed by atoms with Crippen molar-refractivity contribution in [3.63, 3.8) is 0 Å². The molecular weight excluding hydrogens is 232 g/mol. The van der Waals surface area contributed by atoms with Gasteiger partial charge >= 0.3 is 0 Å². The van der Waals surface area contributed by atoms with Crippen LogP contribution in [0.1, 0.15) is 12.8 Å². The molecule has 0 radical (unpaired) electrons. The van der Waals surface area contributed by atoms with Gasteiger partial charge in [-0.2, -0.15) is 0 Å². The maximum atomic E-state index is 10.6. The van der Waals surface area contributed by atoms with Gasteiger partial charge in [0.25, 0.3) is 5.69 Å². The van der Waals surface area contributed by atoms with Crippen molar-refractivity contribution >= 4 is 11.5 Å². The molecule has 6 heteroatoms. The summed E-state index contributed by atoms with van der Waals surface area (Å²) in [5.41, 5.74) is 0.0495. The minimum atomic E-state index is -0.415. The van der Waals surface area contributed by atoms with Gasteiger partial charge in [-0.15, -0.1) is 0 Å². The summed E-state index contributed by atoms with van der Waals surface area (Å²) in [7, 11) is 0. The van der Waals surface area contributed by atoms with Crippen LogP contribution in [0.3, 0.4) is 0 Å². The van der Waals surface area contributed by atoms with E-state index in [2.05, 4.69) is 15.2 Å². The van der Waals surface area contributed by atoms with Crippen molar-refractivity contribution in [1.29, 1.82) is 0 Å². The second kappa shape index (κ2) is 4.53. The second-order valence-electron chi connectivity index (χ2n) is 5.00. The first-order valence-electron chi connectivity index (χ1n) is 6.33. The van der Waals surface area contributed by atoms with Gasteiger partial charge in [0.1, 0.15) is 12.0 Å². The number of nitrogens with one attached hydrogen (secondary N) is 1. The van der Waals surface area contributed by atoms with E-state index in [0.29, 0.717) is 12.0 Å². The van der Waals surface area contributed by atoms with Crippen LogP contribution in [0.2, 0.25) is 0 Å². The predicted molar refractivity (Wildman–Crippen MR) is 67.6 cm³/mol. The minimum absolute atomic E-state index is 0.0495. The van der Waals surface area contributed by atoms with E-state index in [1.54, 1.807) is 6.07 Å². The maximum Gasteiger partial charge on any atom is 0.287 e. The van der Waals surface area contributed by atoms with Gasteiger partial charge < -0.3 is 10.2 Å². The fourth-order valence-corrected chi connectivity index (χ4v) is 2.91. The summed E-state index contributed by atoms with van der Waals surface area (Å²) in [6.45, 7) is 3.06. The molecule has 0 spiro atoms. The minimum Gasteiger partial charge on any atom is -0.355 e. The Hall–Kier alpha value is -1.69. The lowest BCUT2D eigenvalue weighted by molar-refractivity contribution is -0.385. The lowest BCUT2D eigenvalue weighted by Gasteiger charge is -2.24. The molecular formula is C12H16N4O2. The van der Waals surface area contributed by atoms with Gasteiger partial charge in [-0.3, -0.25) is 10.1 Å². The van der Waals surface area contributed by atoms with Gasteiger partial charge in [-0.1, -0.05) is 0 Å². The van der Waals surface area contributed by atoms with Crippen LogP contribution in [-0.4, -0.2) is 35.6 Å². The number of hydrogen-bond donors (Lipinski definition) is 1. The summed E-state index contributed by atoms with van der Waals surface area (Å²) >= 11 is 0. The van der Waals surface area contributed by atoms with E-state index >= 15 is 0 Å². The van der Waals surface area contributed by atoms with E-state index in [4.69, 9.17) is 0 Å². The third-order valence-electron chi connectivity index (χ3n) is 3.87. The highest BCUT2D eigenvalue weighted by atomic mass is 16.6. The Balaban J connectivity index is 1.73. The van der Waals surface area contributed by atoms with Gasteiger partial charge in [0, 0.05) is 25.2 Å². The molecule has 2 fully saturated rings. The predicted octanol–water partition coefficient (Wildman–Crippen LogP) is 1.18. The molecule has 2 unspecified atom stereocenters. The van der Waals surface area contributed by atoms with Gasteiger partial charge in [-0.05, 0) is 31.4 Å². The molecule has 0 saturated carbocycles. The molecule has 0 bridgehead atoms. The number of nitro groups is 1. The van der Waals surface area contributed by atoms with Crippen molar-refractivity contribution < 1.29 is 4.92 Å². The van der Waals surface area contributed by atoms with E-state index in [1.165, 1.54) is 25.1 Å². The number of fused-ring (bicyclic) bond motifs is 1. The number of nitrogens with zero attached hydrogens (tertiary/aromatic N) is 3. The lowest BCUT2D eigenvalue weighted by Crippen LogP contribution is -2.40. The summed E-state index contributed by atoms with van der Waals surface area (Å²) in [6.07, 6.45) is 3.84. The quantitative estimate of drug-likeness (QED) is 0.628. The molecule has 6 nitrogen and oxygen atoms in total. The standard InChI is InChI=1S/C12H16N4O2/c17-16(18)10-3-4-12(14-6-10)15-7-9-2-1-5-13-11(9)8-15/h3-4,6,9,11,13H,1-2,5,7-8H2. The topological polar surface area (TPSA) is 71.3 Å². The van der Waals surface area contributed by atoms with Crippen LogP contribution in [0, 0.1) is 16.0 Å². The largest absolute Gasteiger partial charge is 0.355 e. The van der Waals surface area contributed by atoms with Crippen LogP contribution in [0.4, 0.5) is 11.5 Å². The summed E-state index contributed by atoms with van der Waals surface area (Å²) in [4.78, 5) is 16.6. The molecule has 2 aliphatic heterocycles. The van der Waals surface area contributed by atoms with Gasteiger partial charge in [0.05, 0.1) is 4.92 Å². The van der Waals surface area contributed by atoms with Crippen molar-refractivity contribution in [3.8, 4) is 0 Å². The first-order valence-corrected chi connectivity index (χ1v) is 6.33. The zero-order valence-corrected chi connectivity index (χ0v) is 10.1. The number of piperidine rings is 1. The Morgan fingerprint density at radius 1 is 1.44 bits per heavy atom. The van der Waals surface area contributed by atoms with Crippen molar-refractivity contribution in [2.45, 2.75) is 18.9 Å². The summed E-state index contributed by atoms with van der Waals surface area (Å²) < 4.78 is 0. The van der Waals surface area contributed by atoms with Crippen LogP contribution in [0.5, 0.6) is 0 Å². The molecule has 2 saturated heterocycles. The third kappa shape index (κ3) is 2.03. The highest BCUT2D eigenvalue weighted by Crippen LogP contribution is 2.28. The highest BCUT2D eigenvalue weighted by molar-refractivity contribution is 5.44. The van der Waals surface area contributed by atoms with Crippen molar-refractivity contribution in [1.82, 2.24) is 10.3 Å². The molecule has 1 N–H and O–H groups in total. The Bertz CT molecular complexity index is 434. The summed E-state index contributed by atoms with van der Waals surface area (Å²) in [5, 5.41) is 14.1. The van der Waals surface area contributed by atoms with E-state index in [9.17, 15) is 10.1 Å². The Labute approximate surface area is 105 Å². The first kappa shape index (κ1) is 11.4. The van der Waals surface area contributed by atoms with Crippen LogP contribution in [-0.2, 0) is 0 Å². The summed E-state index contributed by atoms with van der Waals surface area (Å²) in [6, 6.07) is 3.82. The average Bonchev–Trinajstić information content (AvgIpc) is 2.82. The molecule has 0 aromatic carbocycles. The van der Waals surface area contributed by atoms with Crippen LogP contribution in [0.15, 0.2) is 18.3 Å². The number of hydrogen-bond acceptors (Lipinski definition) is 5. The number of aromatic nitrogens is 1. The zero-order valence-electron chi connectivity index (χ0n) is 10.1. The summed E-state index contributed by atoms with van der Waals surface area (Å²) in [5.74, 6) is 1.53. The molecule has 3 heterocycles. The van der Waals surface area contributed by atoms with Gasteiger partial charge in [0.15, 0.2) is 0 Å². The van der Waals surface area contributed by atoms with Crippen LogP contribution < -0.4 is 10.2 Å². The van der Waals surface area contributed by atoms with E-state index in [-0.39, 0.29) is 5.69 Å². The smallest absolute Gasteiger partial charge is 0.287 e. The molecule has 2 aliphatic rings. The Morgan fingerprint density at radius 2 is 2.33 bits per heavy atom. The Kier molecular flexibility index (Phi) is 2.87. The molecule has 0 amide bonds. The number of anilines is 1. The fraction of sp³-hybridized carbons (Fsp3) is 0.583. The lowest BCUT2D eigenvalue weighted by atomic mass is 9.94. The SMILES string of the molecule is O=[N+]([O-])c1ccc(N2CC3CCCNC3C2)nc1.